The largest absolute Gasteiger partial charge is 0.394 e. The molecule has 0 aliphatic rings. The Balaban J connectivity index is -0.0000000144. The molecule has 102 valence electrons. The van der Waals surface area contributed by atoms with E-state index in [1.165, 1.54) is 0 Å². The van der Waals surface area contributed by atoms with Crippen molar-refractivity contribution < 1.29 is 119 Å². The van der Waals surface area contributed by atoms with Gasteiger partial charge >= 0.3 is 20.8 Å². The van der Waals surface area contributed by atoms with Crippen LogP contribution >= 0.6 is 23.3 Å². The Morgan fingerprint density at radius 1 is 0.562 bits per heavy atom. The van der Waals surface area contributed by atoms with Gasteiger partial charge in [0.15, 0.2) is 0 Å². The van der Waals surface area contributed by atoms with Crippen LogP contribution in [0.3, 0.4) is 0 Å². The van der Waals surface area contributed by atoms with E-state index in [9.17, 15) is 0 Å². The first-order valence-corrected chi connectivity index (χ1v) is 5.99. The van der Waals surface area contributed by atoms with E-state index in [4.69, 9.17) is 35.0 Å². The summed E-state index contributed by atoms with van der Waals surface area (Å²) in [6, 6.07) is 0. The molecule has 0 spiro atoms. The van der Waals surface area contributed by atoms with Gasteiger partial charge in [-0.3, -0.25) is 18.2 Å². The van der Waals surface area contributed by atoms with E-state index in [1.54, 1.807) is 0 Å². The van der Waals surface area contributed by atoms with Crippen LogP contribution in [0.4, 0.5) is 0 Å². The predicted molar refractivity (Wildman–Crippen MR) is 46.3 cm³/mol. The van der Waals surface area contributed by atoms with Crippen molar-refractivity contribution in [3.63, 3.8) is 0 Å². The maximum absolute atomic E-state index is 8.74. The van der Waals surface area contributed by atoms with E-state index < -0.39 is 20.8 Å². The zero-order valence-corrected chi connectivity index (χ0v) is 18.2. The Hall–Kier alpha value is 3.19. The minimum absolute atomic E-state index is 0. The topological polar surface area (TPSA) is 149 Å². The van der Waals surface area contributed by atoms with Gasteiger partial charge in [0, 0.05) is 84.3 Å². The minimum Gasteiger partial charge on any atom is -0.264 e. The molecule has 16 heteroatoms. The SMILES string of the molecule is O=S(=O)(O)O.O=S(=O)(O)O.SS.[Mo].[Mo].[Mo].[Mo]. The quantitative estimate of drug-likeness (QED) is 0.0890. The molecule has 0 saturated heterocycles. The molecule has 16 heavy (non-hydrogen) atoms. The Morgan fingerprint density at radius 2 is 0.562 bits per heavy atom. The van der Waals surface area contributed by atoms with Crippen molar-refractivity contribution in [2.24, 2.45) is 0 Å². The molecule has 0 aliphatic heterocycles. The van der Waals surface area contributed by atoms with Gasteiger partial charge in [0.2, 0.25) is 0 Å². The van der Waals surface area contributed by atoms with Crippen molar-refractivity contribution in [3.8, 4) is 0 Å². The summed E-state index contributed by atoms with van der Waals surface area (Å²) in [6.07, 6.45) is 0. The molecule has 0 saturated carbocycles. The summed E-state index contributed by atoms with van der Waals surface area (Å²) in [5.74, 6) is 0. The molecular weight excluding hydrogens is 640 g/mol. The molecule has 8 nitrogen and oxygen atoms in total. The van der Waals surface area contributed by atoms with Crippen LogP contribution in [0.1, 0.15) is 0 Å². The summed E-state index contributed by atoms with van der Waals surface area (Å²) < 4.78 is 63.2. The zero-order chi connectivity index (χ0) is 11.0. The summed E-state index contributed by atoms with van der Waals surface area (Å²) in [5.41, 5.74) is 0. The summed E-state index contributed by atoms with van der Waals surface area (Å²) >= 11 is 6.44. The molecular formula is H6Mo4O8S4. The Labute approximate surface area is 161 Å². The van der Waals surface area contributed by atoms with Crippen LogP contribution < -0.4 is 0 Å². The summed E-state index contributed by atoms with van der Waals surface area (Å²) in [5, 5.41) is 0. The first kappa shape index (κ1) is 42.7. The average Bonchev–Trinajstić information content (AvgIpc) is 1.59. The minimum atomic E-state index is -4.67. The van der Waals surface area contributed by atoms with Crippen LogP contribution in [0.15, 0.2) is 0 Å². The van der Waals surface area contributed by atoms with Gasteiger partial charge in [-0.25, -0.2) is 0 Å². The van der Waals surface area contributed by atoms with Gasteiger partial charge < -0.3 is 0 Å². The fraction of sp³-hybridized carbons (Fsp3) is 0. The maximum atomic E-state index is 8.74. The first-order chi connectivity index (χ1) is 5.00. The summed E-state index contributed by atoms with van der Waals surface area (Å²) in [4.78, 5) is 0. The second-order valence-corrected chi connectivity index (χ2v) is 2.69. The molecule has 0 heterocycles. The molecule has 0 aromatic heterocycles. The Bertz CT molecular complexity index is 220. The van der Waals surface area contributed by atoms with Crippen LogP contribution in [-0.2, 0) is 105 Å². The first-order valence-electron chi connectivity index (χ1n) is 1.60. The second-order valence-electron chi connectivity index (χ2n) is 0.896. The van der Waals surface area contributed by atoms with Gasteiger partial charge in [-0.05, 0) is 0 Å². The van der Waals surface area contributed by atoms with Crippen molar-refractivity contribution in [1.29, 1.82) is 0 Å². The fourth-order valence-electron chi connectivity index (χ4n) is 0. The van der Waals surface area contributed by atoms with Crippen molar-refractivity contribution in [3.05, 3.63) is 0 Å². The molecule has 0 fully saturated rings. The summed E-state index contributed by atoms with van der Waals surface area (Å²) in [7, 11) is -9.33. The zero-order valence-electron chi connectivity index (χ0n) is 6.77. The van der Waals surface area contributed by atoms with Gasteiger partial charge in [-0.15, -0.1) is 23.3 Å². The monoisotopic (exact) mass is 654 g/mol. The van der Waals surface area contributed by atoms with Crippen LogP contribution in [0.5, 0.6) is 0 Å². The van der Waals surface area contributed by atoms with E-state index in [-0.39, 0.29) is 84.3 Å². The number of thiol groups is 2. The second kappa shape index (κ2) is 23.3. The molecule has 0 radical (unpaired) electrons. The van der Waals surface area contributed by atoms with Crippen molar-refractivity contribution in [1.82, 2.24) is 0 Å². The van der Waals surface area contributed by atoms with Crippen molar-refractivity contribution in [2.45, 2.75) is 0 Å². The van der Waals surface area contributed by atoms with Crippen LogP contribution in [0.2, 0.25) is 0 Å². The average molecular weight is 646 g/mol. The Kier molecular flexibility index (Phi) is 62.2. The van der Waals surface area contributed by atoms with Gasteiger partial charge in [0.25, 0.3) is 0 Å². The van der Waals surface area contributed by atoms with Gasteiger partial charge in [-0.2, -0.15) is 16.8 Å². The van der Waals surface area contributed by atoms with Crippen LogP contribution in [-0.4, -0.2) is 35.0 Å². The molecule has 0 aromatic carbocycles. The molecule has 0 aromatic rings. The number of rotatable bonds is 0. The fourth-order valence-corrected chi connectivity index (χ4v) is 0. The molecule has 0 aliphatic carbocycles. The van der Waals surface area contributed by atoms with E-state index in [0.717, 1.165) is 0 Å². The molecule has 0 atom stereocenters. The van der Waals surface area contributed by atoms with E-state index in [2.05, 4.69) is 23.3 Å². The molecule has 0 unspecified atom stereocenters. The van der Waals surface area contributed by atoms with Gasteiger partial charge in [0.1, 0.15) is 0 Å². The maximum Gasteiger partial charge on any atom is 0.394 e. The third kappa shape index (κ3) is 442. The molecule has 0 rings (SSSR count). The van der Waals surface area contributed by atoms with Gasteiger partial charge in [-0.1, -0.05) is 0 Å². The van der Waals surface area contributed by atoms with E-state index in [1.807, 2.05) is 0 Å². The standard InChI is InChI=1S/4Mo.2H2O4S.H2S2/c;;;;2*1-5(2,3)4;1-2/h;;;;2*(H2,1,2,3,4);1-2H. The molecule has 0 amide bonds. The molecule has 4 N–H and O–H groups in total. The van der Waals surface area contributed by atoms with Gasteiger partial charge in [0.05, 0.1) is 0 Å². The van der Waals surface area contributed by atoms with E-state index >= 15 is 0 Å². The number of hydrogen-bond acceptors (Lipinski definition) is 6. The van der Waals surface area contributed by atoms with Crippen molar-refractivity contribution >= 4 is 44.1 Å². The smallest absolute Gasteiger partial charge is 0.264 e. The summed E-state index contributed by atoms with van der Waals surface area (Å²) in [6.45, 7) is 0. The van der Waals surface area contributed by atoms with E-state index in [0.29, 0.717) is 0 Å². The molecule has 0 bridgehead atoms. The third-order valence-electron chi connectivity index (χ3n) is 0. The number of hydrogen-bond donors (Lipinski definition) is 6. The Morgan fingerprint density at radius 3 is 0.562 bits per heavy atom. The third-order valence-corrected chi connectivity index (χ3v) is 0. The van der Waals surface area contributed by atoms with Crippen LogP contribution in [0, 0.1) is 0 Å². The predicted octanol–water partition coefficient (Wildman–Crippen LogP) is -0.555. The van der Waals surface area contributed by atoms with Crippen molar-refractivity contribution in [2.75, 3.05) is 0 Å². The normalized spacial score (nSPS) is 7.62. The van der Waals surface area contributed by atoms with Crippen LogP contribution in [0.25, 0.3) is 0 Å².